The highest BCUT2D eigenvalue weighted by Gasteiger charge is 2.29. The van der Waals surface area contributed by atoms with Crippen LogP contribution in [0.25, 0.3) is 0 Å². The fraction of sp³-hybridized carbons (Fsp3) is 0.357. The summed E-state index contributed by atoms with van der Waals surface area (Å²) < 4.78 is 27.0. The number of carbonyl (C=O) groups is 1. The fourth-order valence-corrected chi connectivity index (χ4v) is 1.80. The van der Waals surface area contributed by atoms with Crippen molar-refractivity contribution in [2.24, 2.45) is 5.92 Å². The Morgan fingerprint density at radius 1 is 1.39 bits per heavy atom. The summed E-state index contributed by atoms with van der Waals surface area (Å²) in [7, 11) is 0. The van der Waals surface area contributed by atoms with Crippen LogP contribution >= 0.6 is 0 Å². The van der Waals surface area contributed by atoms with Gasteiger partial charge < -0.3 is 4.90 Å². The number of hydrogen-bond acceptors (Lipinski definition) is 1. The maximum absolute atomic E-state index is 13.5. The number of rotatable bonds is 4. The van der Waals surface area contributed by atoms with Gasteiger partial charge in [0.25, 0.3) is 5.91 Å². The van der Waals surface area contributed by atoms with Crippen LogP contribution in [0.1, 0.15) is 23.2 Å². The summed E-state index contributed by atoms with van der Waals surface area (Å²) in [6, 6.07) is 3.37. The van der Waals surface area contributed by atoms with Gasteiger partial charge in [-0.2, -0.15) is 0 Å². The molecule has 0 spiro atoms. The van der Waals surface area contributed by atoms with Crippen LogP contribution in [0.3, 0.4) is 0 Å². The van der Waals surface area contributed by atoms with Crippen molar-refractivity contribution in [3.8, 4) is 12.3 Å². The van der Waals surface area contributed by atoms with E-state index in [2.05, 4.69) is 5.92 Å². The smallest absolute Gasteiger partial charge is 0.260 e. The minimum atomic E-state index is -0.849. The Balaban J connectivity index is 2.24. The molecule has 0 heterocycles. The lowest BCUT2D eigenvalue weighted by atomic mass is 10.1. The summed E-state index contributed by atoms with van der Waals surface area (Å²) in [5, 5.41) is 0. The van der Waals surface area contributed by atoms with Gasteiger partial charge in [0.05, 0.1) is 6.54 Å². The number of terminal acetylenes is 1. The molecule has 1 aromatic rings. The maximum Gasteiger partial charge on any atom is 0.260 e. The summed E-state index contributed by atoms with van der Waals surface area (Å²) in [5.41, 5.74) is -0.520. The van der Waals surface area contributed by atoms with E-state index in [1.807, 2.05) is 0 Å². The van der Waals surface area contributed by atoms with E-state index < -0.39 is 23.1 Å². The van der Waals surface area contributed by atoms with Crippen LogP contribution in [0.15, 0.2) is 18.2 Å². The monoisotopic (exact) mass is 249 g/mol. The predicted octanol–water partition coefficient (Wildman–Crippen LogP) is 2.45. The van der Waals surface area contributed by atoms with Gasteiger partial charge in [-0.1, -0.05) is 12.0 Å². The number of nitrogens with zero attached hydrogens (tertiary/aromatic N) is 1. The van der Waals surface area contributed by atoms with Gasteiger partial charge in [0.1, 0.15) is 17.2 Å². The first kappa shape index (κ1) is 12.6. The number of amides is 1. The second-order valence-electron chi connectivity index (χ2n) is 4.43. The predicted molar refractivity (Wildman–Crippen MR) is 63.8 cm³/mol. The van der Waals surface area contributed by atoms with E-state index >= 15 is 0 Å². The molecule has 2 rings (SSSR count). The molecule has 0 aliphatic heterocycles. The van der Waals surface area contributed by atoms with Gasteiger partial charge in [0.2, 0.25) is 0 Å². The molecular formula is C14H13F2NO. The largest absolute Gasteiger partial charge is 0.327 e. The van der Waals surface area contributed by atoms with E-state index in [0.717, 1.165) is 25.0 Å². The van der Waals surface area contributed by atoms with E-state index in [0.29, 0.717) is 12.5 Å². The summed E-state index contributed by atoms with van der Waals surface area (Å²) in [5.74, 6) is 0.395. The molecule has 1 fully saturated rings. The van der Waals surface area contributed by atoms with Gasteiger partial charge >= 0.3 is 0 Å². The van der Waals surface area contributed by atoms with Gasteiger partial charge in [-0.05, 0) is 30.9 Å². The van der Waals surface area contributed by atoms with Crippen molar-refractivity contribution >= 4 is 5.91 Å². The fourth-order valence-electron chi connectivity index (χ4n) is 1.80. The van der Waals surface area contributed by atoms with Crippen molar-refractivity contribution in [3.63, 3.8) is 0 Å². The first-order valence-electron chi connectivity index (χ1n) is 5.80. The summed E-state index contributed by atoms with van der Waals surface area (Å²) in [6.45, 7) is 0.542. The Kier molecular flexibility index (Phi) is 3.61. The molecule has 2 nitrogen and oxygen atoms in total. The third-order valence-electron chi connectivity index (χ3n) is 2.92. The number of halogens is 2. The lowest BCUT2D eigenvalue weighted by Gasteiger charge is -2.20. The highest BCUT2D eigenvalue weighted by Crippen LogP contribution is 2.30. The Morgan fingerprint density at radius 3 is 2.50 bits per heavy atom. The average Bonchev–Trinajstić information content (AvgIpc) is 3.12. The Labute approximate surface area is 105 Å². The van der Waals surface area contributed by atoms with Crippen LogP contribution < -0.4 is 0 Å². The van der Waals surface area contributed by atoms with E-state index in [1.165, 1.54) is 11.0 Å². The SMILES string of the molecule is C#CCN(CC1CC1)C(=O)c1c(F)cccc1F. The molecule has 1 aromatic carbocycles. The normalized spacial score (nSPS) is 14.1. The Morgan fingerprint density at radius 2 is 2.00 bits per heavy atom. The summed E-state index contributed by atoms with van der Waals surface area (Å²) in [4.78, 5) is 13.4. The quantitative estimate of drug-likeness (QED) is 0.751. The van der Waals surface area contributed by atoms with Gasteiger partial charge in [-0.25, -0.2) is 8.78 Å². The van der Waals surface area contributed by atoms with Crippen LogP contribution in [-0.2, 0) is 0 Å². The molecule has 4 heteroatoms. The lowest BCUT2D eigenvalue weighted by molar-refractivity contribution is 0.0760. The number of benzene rings is 1. The number of hydrogen-bond donors (Lipinski definition) is 0. The molecule has 0 saturated heterocycles. The zero-order valence-corrected chi connectivity index (χ0v) is 9.83. The van der Waals surface area contributed by atoms with Crippen molar-refractivity contribution in [3.05, 3.63) is 35.4 Å². The van der Waals surface area contributed by atoms with Crippen molar-refractivity contribution in [1.29, 1.82) is 0 Å². The molecule has 18 heavy (non-hydrogen) atoms. The van der Waals surface area contributed by atoms with Gasteiger partial charge in [-0.3, -0.25) is 4.79 Å². The van der Waals surface area contributed by atoms with E-state index in [9.17, 15) is 13.6 Å². The molecule has 0 atom stereocenters. The van der Waals surface area contributed by atoms with Crippen molar-refractivity contribution in [1.82, 2.24) is 4.90 Å². The van der Waals surface area contributed by atoms with Crippen LogP contribution in [0, 0.1) is 29.9 Å². The molecule has 0 unspecified atom stereocenters. The molecule has 0 radical (unpaired) electrons. The Bertz CT molecular complexity index is 483. The first-order valence-corrected chi connectivity index (χ1v) is 5.80. The topological polar surface area (TPSA) is 20.3 Å². The van der Waals surface area contributed by atoms with Gasteiger partial charge in [-0.15, -0.1) is 6.42 Å². The second-order valence-corrected chi connectivity index (χ2v) is 4.43. The highest BCUT2D eigenvalue weighted by atomic mass is 19.1. The molecular weight excluding hydrogens is 236 g/mol. The van der Waals surface area contributed by atoms with Crippen LogP contribution in [-0.4, -0.2) is 23.9 Å². The maximum atomic E-state index is 13.5. The van der Waals surface area contributed by atoms with E-state index in [1.54, 1.807) is 0 Å². The lowest BCUT2D eigenvalue weighted by Crippen LogP contribution is -2.34. The zero-order chi connectivity index (χ0) is 13.1. The summed E-state index contributed by atoms with van der Waals surface area (Å²) >= 11 is 0. The zero-order valence-electron chi connectivity index (χ0n) is 9.83. The minimum Gasteiger partial charge on any atom is -0.327 e. The van der Waals surface area contributed by atoms with Crippen molar-refractivity contribution in [2.75, 3.05) is 13.1 Å². The molecule has 1 aliphatic rings. The Hall–Kier alpha value is -1.89. The molecule has 0 bridgehead atoms. The first-order chi connectivity index (χ1) is 8.63. The van der Waals surface area contributed by atoms with E-state index in [4.69, 9.17) is 6.42 Å². The van der Waals surface area contributed by atoms with Gasteiger partial charge in [0, 0.05) is 6.54 Å². The molecule has 0 aromatic heterocycles. The average molecular weight is 249 g/mol. The van der Waals surface area contributed by atoms with Crippen LogP contribution in [0.4, 0.5) is 8.78 Å². The third kappa shape index (κ3) is 2.67. The van der Waals surface area contributed by atoms with Crippen molar-refractivity contribution < 1.29 is 13.6 Å². The molecule has 1 aliphatic carbocycles. The minimum absolute atomic E-state index is 0.0725. The molecule has 94 valence electrons. The standard InChI is InChI=1S/C14H13F2NO/c1-2-8-17(9-10-6-7-10)14(18)13-11(15)4-3-5-12(13)16/h1,3-5,10H,6-9H2. The molecule has 0 N–H and O–H groups in total. The molecule has 1 saturated carbocycles. The van der Waals surface area contributed by atoms with Crippen molar-refractivity contribution in [2.45, 2.75) is 12.8 Å². The number of carbonyl (C=O) groups excluding carboxylic acids is 1. The summed E-state index contributed by atoms with van der Waals surface area (Å²) in [6.07, 6.45) is 7.26. The van der Waals surface area contributed by atoms with Gasteiger partial charge in [0.15, 0.2) is 0 Å². The van der Waals surface area contributed by atoms with Crippen LogP contribution in [0.5, 0.6) is 0 Å². The molecule has 1 amide bonds. The van der Waals surface area contributed by atoms with Crippen LogP contribution in [0.2, 0.25) is 0 Å². The second kappa shape index (κ2) is 5.18. The highest BCUT2D eigenvalue weighted by molar-refractivity contribution is 5.95. The van der Waals surface area contributed by atoms with E-state index in [-0.39, 0.29) is 6.54 Å². The third-order valence-corrected chi connectivity index (χ3v) is 2.92.